The molecule has 2 heterocycles. The van der Waals surface area contributed by atoms with Gasteiger partial charge < -0.3 is 4.43 Å². The zero-order valence-electron chi connectivity index (χ0n) is 27.3. The molecule has 0 amide bonds. The van der Waals surface area contributed by atoms with Crippen LogP contribution in [0.2, 0.25) is 5.04 Å². The summed E-state index contributed by atoms with van der Waals surface area (Å²) in [5, 5.41) is 12.5. The molecule has 0 bridgehead atoms. The molecule has 8 nitrogen and oxygen atoms in total. The predicted octanol–water partition coefficient (Wildman–Crippen LogP) is 5.53. The van der Waals surface area contributed by atoms with Crippen LogP contribution >= 0.6 is 0 Å². The third-order valence-electron chi connectivity index (χ3n) is 8.68. The lowest BCUT2D eigenvalue weighted by Gasteiger charge is -2.42. The molecule has 47 heavy (non-hydrogen) atoms. The Morgan fingerprint density at radius 1 is 0.745 bits per heavy atom. The molecule has 0 saturated heterocycles. The molecule has 0 atom stereocenters. The van der Waals surface area contributed by atoms with Crippen molar-refractivity contribution in [3.05, 3.63) is 141 Å². The van der Waals surface area contributed by atoms with Crippen LogP contribution in [0.1, 0.15) is 46.1 Å². The summed E-state index contributed by atoms with van der Waals surface area (Å²) in [5.41, 5.74) is 0.830. The summed E-state index contributed by atoms with van der Waals surface area (Å²) in [6.07, 6.45) is 0.519. The third kappa shape index (κ3) is 5.68. The lowest BCUT2D eigenvalue weighted by atomic mass is 10.1. The highest BCUT2D eigenvalue weighted by molar-refractivity contribution is 6.99. The molecule has 0 aliphatic carbocycles. The van der Waals surface area contributed by atoms with Crippen molar-refractivity contribution in [2.75, 3.05) is 0 Å². The van der Waals surface area contributed by atoms with Crippen LogP contribution in [0.4, 0.5) is 4.39 Å². The van der Waals surface area contributed by atoms with Crippen LogP contribution in [0.3, 0.4) is 0 Å². The number of rotatable bonds is 9. The summed E-state index contributed by atoms with van der Waals surface area (Å²) in [6.45, 7) is 11.0. The number of fused-ring (bicyclic) bond motifs is 1. The molecule has 6 aromatic rings. The molecule has 0 aliphatic rings. The maximum atomic E-state index is 14.0. The quantitative estimate of drug-likeness (QED) is 0.193. The van der Waals surface area contributed by atoms with E-state index >= 15 is 0 Å². The van der Waals surface area contributed by atoms with Gasteiger partial charge in [-0.05, 0) is 65.2 Å². The minimum Gasteiger partial charge on any atom is -0.400 e. The summed E-state index contributed by atoms with van der Waals surface area (Å²) < 4.78 is 25.3. The fourth-order valence-corrected chi connectivity index (χ4v) is 10.9. The number of benzene rings is 4. The van der Waals surface area contributed by atoms with Crippen LogP contribution in [0, 0.1) is 5.82 Å². The van der Waals surface area contributed by atoms with Crippen LogP contribution < -0.4 is 21.6 Å². The van der Waals surface area contributed by atoms with Crippen LogP contribution in [0.5, 0.6) is 0 Å². The van der Waals surface area contributed by atoms with Gasteiger partial charge >= 0.3 is 5.69 Å². The predicted molar refractivity (Wildman–Crippen MR) is 186 cm³/mol. The molecular formula is C37H38FN5O3Si. The normalized spacial score (nSPS) is 12.1. The number of hydrogen-bond acceptors (Lipinski definition) is 5. The highest BCUT2D eigenvalue weighted by atomic mass is 28.4. The molecule has 240 valence electrons. The van der Waals surface area contributed by atoms with E-state index in [9.17, 15) is 14.0 Å². The van der Waals surface area contributed by atoms with E-state index in [1.54, 1.807) is 34.9 Å². The molecule has 0 N–H and O–H groups in total. The van der Waals surface area contributed by atoms with Crippen LogP contribution in [-0.2, 0) is 24.0 Å². The number of halogens is 1. The Morgan fingerprint density at radius 2 is 1.38 bits per heavy atom. The number of aryl methyl sites for hydroxylation is 1. The molecule has 0 aliphatic heterocycles. The Labute approximate surface area is 273 Å². The van der Waals surface area contributed by atoms with E-state index in [0.717, 1.165) is 10.4 Å². The molecule has 0 saturated carbocycles. The molecule has 0 radical (unpaired) electrons. The largest absolute Gasteiger partial charge is 0.400 e. The van der Waals surface area contributed by atoms with Crippen molar-refractivity contribution in [1.29, 1.82) is 0 Å². The first-order valence-corrected chi connectivity index (χ1v) is 17.8. The Balaban J connectivity index is 1.44. The van der Waals surface area contributed by atoms with Crippen molar-refractivity contribution in [3.63, 3.8) is 0 Å². The van der Waals surface area contributed by atoms with Gasteiger partial charge in [-0.3, -0.25) is 9.36 Å². The van der Waals surface area contributed by atoms with E-state index in [-0.39, 0.29) is 22.9 Å². The van der Waals surface area contributed by atoms with Gasteiger partial charge in [0.2, 0.25) is 0 Å². The molecule has 2 aromatic heterocycles. The minimum atomic E-state index is -2.88. The van der Waals surface area contributed by atoms with Gasteiger partial charge in [0, 0.05) is 11.9 Å². The van der Waals surface area contributed by atoms with E-state index in [1.165, 1.54) is 21.5 Å². The summed E-state index contributed by atoms with van der Waals surface area (Å²) in [5.74, 6) is 0.0613. The fourth-order valence-electron chi connectivity index (χ4n) is 6.43. The van der Waals surface area contributed by atoms with Crippen molar-refractivity contribution >= 4 is 29.5 Å². The Morgan fingerprint density at radius 3 is 1.96 bits per heavy atom. The smallest absolute Gasteiger partial charge is 0.350 e. The standard InChI is InChI=1S/C37H38FN5O3Si/c1-6-33-32-24-28(21-22-31(32)35(44)42(39-33)27-16-14-15-26(38)23-27)43-36(45)41(7-2)34(40-43)25-46-47(37(3,4)5,29-17-10-8-11-18-29)30-19-12-9-13-20-30/h8-24H,6-7,25H2,1-5H3. The van der Waals surface area contributed by atoms with E-state index in [0.29, 0.717) is 46.6 Å². The van der Waals surface area contributed by atoms with E-state index in [2.05, 4.69) is 50.1 Å². The maximum Gasteiger partial charge on any atom is 0.350 e. The molecule has 0 fully saturated rings. The summed E-state index contributed by atoms with van der Waals surface area (Å²) >= 11 is 0. The third-order valence-corrected chi connectivity index (χ3v) is 13.7. The van der Waals surface area contributed by atoms with Gasteiger partial charge in [0.1, 0.15) is 5.82 Å². The molecule has 0 spiro atoms. The molecule has 0 unspecified atom stereocenters. The molecule has 10 heteroatoms. The highest BCUT2D eigenvalue weighted by Gasteiger charge is 2.50. The van der Waals surface area contributed by atoms with Gasteiger partial charge in [-0.2, -0.15) is 14.5 Å². The first kappa shape index (κ1) is 32.0. The lowest BCUT2D eigenvalue weighted by molar-refractivity contribution is 0.270. The number of aromatic nitrogens is 5. The second-order valence-electron chi connectivity index (χ2n) is 12.5. The summed E-state index contributed by atoms with van der Waals surface area (Å²) in [4.78, 5) is 27.3. The van der Waals surface area contributed by atoms with Gasteiger partial charge in [-0.25, -0.2) is 9.18 Å². The van der Waals surface area contributed by atoms with E-state index in [4.69, 9.17) is 9.52 Å². The maximum absolute atomic E-state index is 14.0. The average molecular weight is 648 g/mol. The summed E-state index contributed by atoms with van der Waals surface area (Å²) in [7, 11) is -2.88. The second kappa shape index (κ2) is 12.7. The van der Waals surface area contributed by atoms with Crippen molar-refractivity contribution in [2.45, 2.75) is 59.2 Å². The van der Waals surface area contributed by atoms with Gasteiger partial charge in [0.25, 0.3) is 13.9 Å². The first-order valence-electron chi connectivity index (χ1n) is 15.8. The zero-order valence-corrected chi connectivity index (χ0v) is 28.3. The van der Waals surface area contributed by atoms with Crippen molar-refractivity contribution in [2.24, 2.45) is 0 Å². The first-order chi connectivity index (χ1) is 22.6. The molecular weight excluding hydrogens is 610 g/mol. The van der Waals surface area contributed by atoms with E-state index < -0.39 is 14.1 Å². The van der Waals surface area contributed by atoms with Crippen LogP contribution in [0.25, 0.3) is 22.1 Å². The van der Waals surface area contributed by atoms with Crippen LogP contribution in [0.15, 0.2) is 113 Å². The van der Waals surface area contributed by atoms with Gasteiger partial charge in [0.05, 0.1) is 29.1 Å². The summed E-state index contributed by atoms with van der Waals surface area (Å²) in [6, 6.07) is 31.7. The average Bonchev–Trinajstić information content (AvgIpc) is 3.40. The topological polar surface area (TPSA) is 83.9 Å². The van der Waals surface area contributed by atoms with Crippen LogP contribution in [-0.4, -0.2) is 32.4 Å². The van der Waals surface area contributed by atoms with Gasteiger partial charge in [0.15, 0.2) is 5.82 Å². The van der Waals surface area contributed by atoms with Gasteiger partial charge in [-0.1, -0.05) is 94.4 Å². The monoisotopic (exact) mass is 647 g/mol. The SMILES string of the molecule is CCc1nn(-c2cccc(F)c2)c(=O)c2ccc(-n3nc(CO[Si](c4ccccc4)(c4ccccc4)C(C)(C)C)n(CC)c3=O)cc12. The number of hydrogen-bond donors (Lipinski definition) is 0. The highest BCUT2D eigenvalue weighted by Crippen LogP contribution is 2.37. The fraction of sp³-hybridized carbons (Fsp3) is 0.243. The minimum absolute atomic E-state index is 0.136. The van der Waals surface area contributed by atoms with Crippen molar-refractivity contribution < 1.29 is 8.82 Å². The molecule has 6 rings (SSSR count). The Kier molecular flexibility index (Phi) is 8.65. The zero-order chi connectivity index (χ0) is 33.3. The number of nitrogens with zero attached hydrogens (tertiary/aromatic N) is 5. The Bertz CT molecular complexity index is 2130. The lowest BCUT2D eigenvalue weighted by Crippen LogP contribution is -2.66. The Hall–Kier alpha value is -4.93. The molecule has 4 aromatic carbocycles. The van der Waals surface area contributed by atoms with Crippen molar-refractivity contribution in [1.82, 2.24) is 24.1 Å². The van der Waals surface area contributed by atoms with Gasteiger partial charge in [-0.15, -0.1) is 5.10 Å². The second-order valence-corrected chi connectivity index (χ2v) is 16.8. The van der Waals surface area contributed by atoms with Crippen molar-refractivity contribution in [3.8, 4) is 11.4 Å². The van der Waals surface area contributed by atoms with E-state index in [1.807, 2.05) is 50.2 Å².